The molecule has 0 bridgehead atoms. The summed E-state index contributed by atoms with van der Waals surface area (Å²) in [5, 5.41) is 39.7. The van der Waals surface area contributed by atoms with Gasteiger partial charge in [0.1, 0.15) is 0 Å². The van der Waals surface area contributed by atoms with Gasteiger partial charge in [-0.15, -0.1) is 11.3 Å². The lowest BCUT2D eigenvalue weighted by molar-refractivity contribution is -0.137. The van der Waals surface area contributed by atoms with Gasteiger partial charge in [0.05, 0.1) is 18.3 Å². The van der Waals surface area contributed by atoms with Crippen LogP contribution in [-0.4, -0.2) is 44.7 Å². The molecule has 0 spiro atoms. The minimum atomic E-state index is -0.796. The standard InChI is InChI=1S/C22H30Br2O5S/c1-13-21(23)22(24)19(30-13)11-9-14(25)8-10-16-15(17(26)12-18(16)27)6-4-2-3-5-7-20(28)29/h2,4,8,10,14-18,25-27H,3,5-7,9,11-12H2,1H3,(H,28,29)/t14?,15-,16-,17?,18?/m1/s1. The summed E-state index contributed by atoms with van der Waals surface area (Å²) in [6.45, 7) is 2.05. The number of aryl methyl sites for hydroxylation is 2. The fraction of sp³-hybridized carbons (Fsp3) is 0.591. The van der Waals surface area contributed by atoms with E-state index in [0.717, 1.165) is 15.4 Å². The third-order valence-electron chi connectivity index (χ3n) is 5.50. The molecule has 5 atom stereocenters. The fourth-order valence-corrected chi connectivity index (χ4v) is 6.25. The highest BCUT2D eigenvalue weighted by Crippen LogP contribution is 2.38. The summed E-state index contributed by atoms with van der Waals surface area (Å²) >= 11 is 8.83. The molecular weight excluding hydrogens is 536 g/mol. The van der Waals surface area contributed by atoms with Gasteiger partial charge < -0.3 is 20.4 Å². The number of aliphatic carboxylic acids is 1. The molecule has 0 saturated heterocycles. The number of thiophene rings is 1. The van der Waals surface area contributed by atoms with Crippen molar-refractivity contribution in [2.45, 2.75) is 70.2 Å². The summed E-state index contributed by atoms with van der Waals surface area (Å²) in [7, 11) is 0. The number of rotatable bonds is 11. The van der Waals surface area contributed by atoms with Gasteiger partial charge in [-0.2, -0.15) is 0 Å². The van der Waals surface area contributed by atoms with Gasteiger partial charge in [0, 0.05) is 37.5 Å². The SMILES string of the molecule is Cc1sc(CCC(O)C=C[C@H]2C(O)CC(O)[C@@H]2CC=CCCCC(=O)O)c(Br)c1Br. The number of halogens is 2. The van der Waals surface area contributed by atoms with E-state index in [4.69, 9.17) is 5.11 Å². The zero-order valence-electron chi connectivity index (χ0n) is 17.0. The molecule has 1 aliphatic rings. The van der Waals surface area contributed by atoms with Crippen LogP contribution in [0.2, 0.25) is 0 Å². The Labute approximate surface area is 198 Å². The van der Waals surface area contributed by atoms with E-state index in [-0.39, 0.29) is 18.3 Å². The van der Waals surface area contributed by atoms with Crippen molar-refractivity contribution < 1.29 is 25.2 Å². The largest absolute Gasteiger partial charge is 0.481 e. The molecule has 4 N–H and O–H groups in total. The molecule has 30 heavy (non-hydrogen) atoms. The highest BCUT2D eigenvalue weighted by atomic mass is 79.9. The van der Waals surface area contributed by atoms with Crippen molar-refractivity contribution in [3.8, 4) is 0 Å². The normalized spacial score (nSPS) is 25.5. The van der Waals surface area contributed by atoms with Crippen LogP contribution in [0.4, 0.5) is 0 Å². The van der Waals surface area contributed by atoms with Crippen molar-refractivity contribution >= 4 is 49.2 Å². The molecule has 0 aliphatic heterocycles. The van der Waals surface area contributed by atoms with Crippen molar-refractivity contribution in [1.82, 2.24) is 0 Å². The first-order chi connectivity index (χ1) is 14.2. The monoisotopic (exact) mass is 564 g/mol. The summed E-state index contributed by atoms with van der Waals surface area (Å²) < 4.78 is 2.11. The van der Waals surface area contributed by atoms with Crippen LogP contribution in [0.5, 0.6) is 0 Å². The van der Waals surface area contributed by atoms with Crippen LogP contribution in [0.15, 0.2) is 33.2 Å². The maximum Gasteiger partial charge on any atom is 0.303 e. The summed E-state index contributed by atoms with van der Waals surface area (Å²) in [4.78, 5) is 12.9. The Morgan fingerprint density at radius 3 is 2.60 bits per heavy atom. The Morgan fingerprint density at radius 2 is 1.97 bits per heavy atom. The minimum absolute atomic E-state index is 0.107. The zero-order valence-corrected chi connectivity index (χ0v) is 21.0. The number of carboxylic acid groups (broad SMARTS) is 1. The lowest BCUT2D eigenvalue weighted by Gasteiger charge is -2.19. The first kappa shape index (κ1) is 25.7. The fourth-order valence-electron chi connectivity index (χ4n) is 3.79. The van der Waals surface area contributed by atoms with Gasteiger partial charge >= 0.3 is 5.97 Å². The highest BCUT2D eigenvalue weighted by Gasteiger charge is 2.39. The van der Waals surface area contributed by atoms with Gasteiger partial charge in [0.2, 0.25) is 0 Å². The van der Waals surface area contributed by atoms with E-state index in [1.165, 1.54) is 9.75 Å². The van der Waals surface area contributed by atoms with Crippen LogP contribution in [0.3, 0.4) is 0 Å². The maximum atomic E-state index is 10.5. The highest BCUT2D eigenvalue weighted by molar-refractivity contribution is 9.13. The Hall–Kier alpha value is -0.510. The summed E-state index contributed by atoms with van der Waals surface area (Å²) in [6, 6.07) is 0. The molecule has 1 heterocycles. The first-order valence-corrected chi connectivity index (χ1v) is 12.6. The molecule has 1 fully saturated rings. The molecule has 3 unspecified atom stereocenters. The van der Waals surface area contributed by atoms with E-state index in [1.807, 2.05) is 25.2 Å². The van der Waals surface area contributed by atoms with E-state index >= 15 is 0 Å². The van der Waals surface area contributed by atoms with Gasteiger partial charge in [0.15, 0.2) is 0 Å². The van der Waals surface area contributed by atoms with Gasteiger partial charge in [0.25, 0.3) is 0 Å². The molecule has 0 aromatic carbocycles. The van der Waals surface area contributed by atoms with Crippen molar-refractivity contribution in [2.24, 2.45) is 11.8 Å². The molecule has 168 valence electrons. The lowest BCUT2D eigenvalue weighted by atomic mass is 9.89. The van der Waals surface area contributed by atoms with E-state index in [9.17, 15) is 20.1 Å². The van der Waals surface area contributed by atoms with E-state index < -0.39 is 24.3 Å². The van der Waals surface area contributed by atoms with Crippen LogP contribution in [-0.2, 0) is 11.2 Å². The molecular formula is C22H30Br2O5S. The van der Waals surface area contributed by atoms with Gasteiger partial charge in [-0.1, -0.05) is 24.3 Å². The average molecular weight is 566 g/mol. The third-order valence-corrected chi connectivity index (χ3v) is 9.59. The summed E-state index contributed by atoms with van der Waals surface area (Å²) in [6.07, 6.45) is 9.36. The molecule has 5 nitrogen and oxygen atoms in total. The van der Waals surface area contributed by atoms with Crippen LogP contribution in [0.1, 0.15) is 48.3 Å². The van der Waals surface area contributed by atoms with Crippen molar-refractivity contribution in [2.75, 3.05) is 0 Å². The second kappa shape index (κ2) is 12.5. The maximum absolute atomic E-state index is 10.5. The number of allylic oxidation sites excluding steroid dienone is 2. The molecule has 8 heteroatoms. The van der Waals surface area contributed by atoms with E-state index in [2.05, 4.69) is 31.9 Å². The van der Waals surface area contributed by atoms with Gasteiger partial charge in [-0.3, -0.25) is 4.79 Å². The molecule has 2 rings (SSSR count). The number of carbonyl (C=O) groups is 1. The second-order valence-electron chi connectivity index (χ2n) is 7.80. The molecule has 1 aromatic heterocycles. The number of aliphatic hydroxyl groups is 3. The number of carboxylic acids is 1. The third kappa shape index (κ3) is 7.57. The van der Waals surface area contributed by atoms with Crippen LogP contribution < -0.4 is 0 Å². The van der Waals surface area contributed by atoms with Crippen LogP contribution >= 0.6 is 43.2 Å². The van der Waals surface area contributed by atoms with Crippen molar-refractivity contribution in [3.05, 3.63) is 43.0 Å². The summed E-state index contributed by atoms with van der Waals surface area (Å²) in [5.41, 5.74) is 0. The minimum Gasteiger partial charge on any atom is -0.481 e. The number of aliphatic hydroxyl groups excluding tert-OH is 3. The molecule has 1 saturated carbocycles. The van der Waals surface area contributed by atoms with Crippen LogP contribution in [0.25, 0.3) is 0 Å². The Morgan fingerprint density at radius 1 is 1.23 bits per heavy atom. The molecule has 1 aliphatic carbocycles. The zero-order chi connectivity index (χ0) is 22.3. The Kier molecular flexibility index (Phi) is 10.7. The molecule has 0 amide bonds. The topological polar surface area (TPSA) is 98.0 Å². The van der Waals surface area contributed by atoms with Gasteiger partial charge in [-0.25, -0.2) is 0 Å². The lowest BCUT2D eigenvalue weighted by Crippen LogP contribution is -2.20. The predicted octanol–water partition coefficient (Wildman–Crippen LogP) is 4.99. The molecule has 1 aromatic rings. The number of hydrogen-bond donors (Lipinski definition) is 4. The summed E-state index contributed by atoms with van der Waals surface area (Å²) in [5.74, 6) is -1.11. The second-order valence-corrected chi connectivity index (χ2v) is 10.7. The van der Waals surface area contributed by atoms with Crippen LogP contribution in [0, 0.1) is 18.8 Å². The first-order valence-electron chi connectivity index (χ1n) is 10.2. The number of unbranched alkanes of at least 4 members (excludes halogenated alkanes) is 1. The quantitative estimate of drug-likeness (QED) is 0.224. The van der Waals surface area contributed by atoms with E-state index in [1.54, 1.807) is 17.4 Å². The Balaban J connectivity index is 1.86. The Bertz CT molecular complexity index is 761. The predicted molar refractivity (Wildman–Crippen MR) is 127 cm³/mol. The van der Waals surface area contributed by atoms with Crippen molar-refractivity contribution in [1.29, 1.82) is 0 Å². The number of hydrogen-bond acceptors (Lipinski definition) is 5. The average Bonchev–Trinajstić information content (AvgIpc) is 3.09. The smallest absolute Gasteiger partial charge is 0.303 e. The molecule has 0 radical (unpaired) electrons. The van der Waals surface area contributed by atoms with Gasteiger partial charge in [-0.05, 0) is 76.8 Å². The van der Waals surface area contributed by atoms with E-state index in [0.29, 0.717) is 32.1 Å². The van der Waals surface area contributed by atoms with Crippen molar-refractivity contribution in [3.63, 3.8) is 0 Å².